The van der Waals surface area contributed by atoms with Gasteiger partial charge in [0.1, 0.15) is 5.52 Å². The summed E-state index contributed by atoms with van der Waals surface area (Å²) in [6.07, 6.45) is 7.09. The average Bonchev–Trinajstić information content (AvgIpc) is 3.41. The first-order valence-corrected chi connectivity index (χ1v) is 9.86. The molecule has 4 heterocycles. The van der Waals surface area contributed by atoms with Crippen LogP contribution in [-0.2, 0) is 7.05 Å². The molecule has 1 saturated heterocycles. The van der Waals surface area contributed by atoms with Gasteiger partial charge < -0.3 is 9.47 Å². The van der Waals surface area contributed by atoms with Crippen molar-refractivity contribution in [1.29, 1.82) is 0 Å². The van der Waals surface area contributed by atoms with Crippen LogP contribution in [0.3, 0.4) is 0 Å². The Morgan fingerprint density at radius 2 is 1.90 bits per heavy atom. The molecule has 1 aliphatic heterocycles. The van der Waals surface area contributed by atoms with Gasteiger partial charge >= 0.3 is 0 Å². The molecule has 7 nitrogen and oxygen atoms in total. The lowest BCUT2D eigenvalue weighted by Crippen LogP contribution is -2.38. The Bertz CT molecular complexity index is 1150. The van der Waals surface area contributed by atoms with Crippen LogP contribution < -0.4 is 0 Å². The summed E-state index contributed by atoms with van der Waals surface area (Å²) < 4.78 is 1.85. The summed E-state index contributed by atoms with van der Waals surface area (Å²) in [7, 11) is 1.90. The minimum atomic E-state index is 0.0244. The largest absolute Gasteiger partial charge is 0.339 e. The van der Waals surface area contributed by atoms with Crippen LogP contribution in [0.15, 0.2) is 55.1 Å². The van der Waals surface area contributed by atoms with Crippen LogP contribution in [0.4, 0.5) is 0 Å². The van der Waals surface area contributed by atoms with Crippen molar-refractivity contribution in [2.45, 2.75) is 18.8 Å². The maximum absolute atomic E-state index is 13.0. The summed E-state index contributed by atoms with van der Waals surface area (Å²) in [5.74, 6) is 0.393. The third kappa shape index (κ3) is 3.18. The molecule has 0 saturated carbocycles. The van der Waals surface area contributed by atoms with E-state index in [0.29, 0.717) is 11.5 Å². The van der Waals surface area contributed by atoms with Gasteiger partial charge in [0.05, 0.1) is 18.1 Å². The van der Waals surface area contributed by atoms with Crippen LogP contribution in [0.5, 0.6) is 0 Å². The van der Waals surface area contributed by atoms with Crippen molar-refractivity contribution >= 4 is 17.1 Å². The van der Waals surface area contributed by atoms with Gasteiger partial charge in [-0.15, -0.1) is 0 Å². The number of hydrogen-bond donors (Lipinski definition) is 1. The molecule has 0 bridgehead atoms. The predicted octanol–water partition coefficient (Wildman–Crippen LogP) is 3.38. The Kier molecular flexibility index (Phi) is 4.35. The fourth-order valence-electron chi connectivity index (χ4n) is 4.14. The Labute approximate surface area is 168 Å². The van der Waals surface area contributed by atoms with E-state index in [2.05, 4.69) is 32.3 Å². The monoisotopic (exact) mass is 386 g/mol. The van der Waals surface area contributed by atoms with E-state index in [1.54, 1.807) is 12.5 Å². The van der Waals surface area contributed by atoms with Gasteiger partial charge in [0.15, 0.2) is 5.65 Å². The van der Waals surface area contributed by atoms with Crippen LogP contribution in [0.1, 0.15) is 34.8 Å². The van der Waals surface area contributed by atoms with Gasteiger partial charge in [-0.05, 0) is 24.5 Å². The molecule has 7 heteroatoms. The zero-order valence-corrected chi connectivity index (χ0v) is 16.2. The van der Waals surface area contributed by atoms with E-state index in [-0.39, 0.29) is 5.91 Å². The highest BCUT2D eigenvalue weighted by molar-refractivity contribution is 5.96. The number of rotatable bonds is 3. The molecule has 5 rings (SSSR count). The highest BCUT2D eigenvalue weighted by Gasteiger charge is 2.27. The minimum Gasteiger partial charge on any atom is -0.339 e. The normalized spacial score (nSPS) is 15.1. The van der Waals surface area contributed by atoms with E-state index in [0.717, 1.165) is 42.7 Å². The van der Waals surface area contributed by atoms with Gasteiger partial charge in [-0.25, -0.2) is 9.97 Å². The number of fused-ring (bicyclic) bond motifs is 1. The number of aryl methyl sites for hydroxylation is 1. The average molecular weight is 386 g/mol. The number of pyridine rings is 1. The van der Waals surface area contributed by atoms with Crippen LogP contribution in [0.2, 0.25) is 0 Å². The summed E-state index contributed by atoms with van der Waals surface area (Å²) in [6.45, 7) is 1.44. The molecule has 1 N–H and O–H groups in total. The van der Waals surface area contributed by atoms with E-state index in [4.69, 9.17) is 0 Å². The summed E-state index contributed by atoms with van der Waals surface area (Å²) >= 11 is 0. The maximum Gasteiger partial charge on any atom is 0.255 e. The number of nitrogens with one attached hydrogen (secondary N) is 1. The first-order valence-electron chi connectivity index (χ1n) is 9.86. The lowest BCUT2D eigenvalue weighted by atomic mass is 9.89. The number of amides is 1. The molecule has 4 aromatic rings. The summed E-state index contributed by atoms with van der Waals surface area (Å²) in [5, 5.41) is 7.48. The Balaban J connectivity index is 1.30. The van der Waals surface area contributed by atoms with Gasteiger partial charge in [0, 0.05) is 43.5 Å². The highest BCUT2D eigenvalue weighted by Crippen LogP contribution is 2.34. The zero-order chi connectivity index (χ0) is 19.8. The molecule has 29 heavy (non-hydrogen) atoms. The number of nitrogens with zero attached hydrogens (tertiary/aromatic N) is 5. The fraction of sp³-hybridized carbons (Fsp3) is 0.273. The van der Waals surface area contributed by atoms with Crippen LogP contribution in [0.25, 0.3) is 22.3 Å². The van der Waals surface area contributed by atoms with E-state index in [9.17, 15) is 4.79 Å². The second-order valence-corrected chi connectivity index (χ2v) is 7.55. The van der Waals surface area contributed by atoms with Crippen molar-refractivity contribution in [3.8, 4) is 11.1 Å². The lowest BCUT2D eigenvalue weighted by Gasteiger charge is -2.32. The molecular weight excluding hydrogens is 364 g/mol. The Morgan fingerprint density at radius 1 is 1.10 bits per heavy atom. The molecule has 1 amide bonds. The summed E-state index contributed by atoms with van der Waals surface area (Å²) in [6, 6.07) is 12.1. The SMILES string of the molecule is Cn1cnc2cc(C(=O)N3CCC(c4[nH]ncc4-c4ccccc4)CC3)cnc21. The molecule has 0 aliphatic carbocycles. The first-order chi connectivity index (χ1) is 14.2. The number of benzene rings is 1. The molecule has 1 aromatic carbocycles. The van der Waals surface area contributed by atoms with Crippen molar-refractivity contribution in [2.24, 2.45) is 7.05 Å². The standard InChI is InChI=1S/C22H22N6O/c1-27-14-24-19-11-17(12-23-21(19)27)22(29)28-9-7-16(8-10-28)20-18(13-25-26-20)15-5-3-2-4-6-15/h2-6,11-14,16H,7-10H2,1H3,(H,25,26). The van der Waals surface area contributed by atoms with E-state index < -0.39 is 0 Å². The highest BCUT2D eigenvalue weighted by atomic mass is 16.2. The number of aromatic amines is 1. The molecule has 0 unspecified atom stereocenters. The number of aromatic nitrogens is 5. The number of hydrogen-bond acceptors (Lipinski definition) is 4. The van der Waals surface area contributed by atoms with Crippen LogP contribution in [0, 0.1) is 0 Å². The quantitative estimate of drug-likeness (QED) is 0.585. The van der Waals surface area contributed by atoms with E-state index in [1.165, 1.54) is 11.3 Å². The van der Waals surface area contributed by atoms with Crippen LogP contribution in [-0.4, -0.2) is 48.6 Å². The smallest absolute Gasteiger partial charge is 0.255 e. The number of likely N-dealkylation sites (tertiary alicyclic amines) is 1. The van der Waals surface area contributed by atoms with Crippen molar-refractivity contribution < 1.29 is 4.79 Å². The van der Waals surface area contributed by atoms with Crippen molar-refractivity contribution in [3.05, 3.63) is 66.4 Å². The number of imidazole rings is 1. The Hall–Kier alpha value is -3.48. The summed E-state index contributed by atoms with van der Waals surface area (Å²) in [5.41, 5.74) is 5.62. The molecule has 0 atom stereocenters. The predicted molar refractivity (Wildman–Crippen MR) is 110 cm³/mol. The third-order valence-electron chi connectivity index (χ3n) is 5.74. The molecular formula is C22H22N6O. The van der Waals surface area contributed by atoms with Crippen molar-refractivity contribution in [1.82, 2.24) is 29.6 Å². The van der Waals surface area contributed by atoms with E-state index >= 15 is 0 Å². The van der Waals surface area contributed by atoms with Crippen molar-refractivity contribution in [3.63, 3.8) is 0 Å². The molecule has 0 radical (unpaired) electrons. The zero-order valence-electron chi connectivity index (χ0n) is 16.2. The molecule has 1 fully saturated rings. The van der Waals surface area contributed by atoms with Gasteiger partial charge in [-0.1, -0.05) is 30.3 Å². The molecule has 1 aliphatic rings. The van der Waals surface area contributed by atoms with Gasteiger partial charge in [0.2, 0.25) is 0 Å². The topological polar surface area (TPSA) is 79.7 Å². The minimum absolute atomic E-state index is 0.0244. The third-order valence-corrected chi connectivity index (χ3v) is 5.74. The second-order valence-electron chi connectivity index (χ2n) is 7.55. The second kappa shape index (κ2) is 7.16. The van der Waals surface area contributed by atoms with Crippen molar-refractivity contribution in [2.75, 3.05) is 13.1 Å². The number of carbonyl (C=O) groups is 1. The van der Waals surface area contributed by atoms with Gasteiger partial charge in [-0.3, -0.25) is 9.89 Å². The number of carbonyl (C=O) groups excluding carboxylic acids is 1. The Morgan fingerprint density at radius 3 is 2.69 bits per heavy atom. The van der Waals surface area contributed by atoms with Crippen LogP contribution >= 0.6 is 0 Å². The van der Waals surface area contributed by atoms with Gasteiger partial charge in [-0.2, -0.15) is 5.10 Å². The lowest BCUT2D eigenvalue weighted by molar-refractivity contribution is 0.0712. The number of piperidine rings is 1. The summed E-state index contributed by atoms with van der Waals surface area (Å²) in [4.78, 5) is 23.6. The molecule has 3 aromatic heterocycles. The maximum atomic E-state index is 13.0. The van der Waals surface area contributed by atoms with Gasteiger partial charge in [0.25, 0.3) is 5.91 Å². The number of H-pyrrole nitrogens is 1. The first kappa shape index (κ1) is 17.6. The fourth-order valence-corrected chi connectivity index (χ4v) is 4.14. The van der Waals surface area contributed by atoms with E-state index in [1.807, 2.05) is 47.0 Å². The molecule has 0 spiro atoms. The molecule has 146 valence electrons.